The Morgan fingerprint density at radius 3 is 2.70 bits per heavy atom. The zero-order chi connectivity index (χ0) is 14.5. The number of ketones is 1. The molecule has 0 bridgehead atoms. The largest absolute Gasteiger partial charge is 0.298 e. The smallest absolute Gasteiger partial charge is 0.147 e. The highest BCUT2D eigenvalue weighted by atomic mass is 79.9. The van der Waals surface area contributed by atoms with Crippen LogP contribution in [-0.2, 0) is 11.2 Å². The van der Waals surface area contributed by atoms with Crippen molar-refractivity contribution >= 4 is 56.7 Å². The van der Waals surface area contributed by atoms with Gasteiger partial charge in [0.1, 0.15) is 5.78 Å². The average molecular weight is 390 g/mol. The van der Waals surface area contributed by atoms with Crippen molar-refractivity contribution in [2.75, 3.05) is 5.75 Å². The van der Waals surface area contributed by atoms with Crippen molar-refractivity contribution in [3.05, 3.63) is 62.5 Å². The van der Waals surface area contributed by atoms with E-state index >= 15 is 0 Å². The highest BCUT2D eigenvalue weighted by Gasteiger charge is 2.09. The van der Waals surface area contributed by atoms with Gasteiger partial charge in [-0.1, -0.05) is 45.2 Å². The summed E-state index contributed by atoms with van der Waals surface area (Å²) in [5.41, 5.74) is 0.777. The summed E-state index contributed by atoms with van der Waals surface area (Å²) in [5.74, 6) is 0.540. The highest BCUT2D eigenvalue weighted by Crippen LogP contribution is 2.24. The van der Waals surface area contributed by atoms with Crippen LogP contribution in [0.3, 0.4) is 0 Å². The minimum Gasteiger partial charge on any atom is -0.298 e. The molecule has 0 heterocycles. The molecule has 2 rings (SSSR count). The SMILES string of the molecule is O=C(CSc1cccc(Br)c1)Cc1cc(Cl)ccc1Cl. The van der Waals surface area contributed by atoms with Crippen molar-refractivity contribution in [3.63, 3.8) is 0 Å². The van der Waals surface area contributed by atoms with E-state index in [4.69, 9.17) is 23.2 Å². The minimum atomic E-state index is 0.124. The molecule has 0 aliphatic heterocycles. The van der Waals surface area contributed by atoms with Crippen LogP contribution in [0.4, 0.5) is 0 Å². The fourth-order valence-electron chi connectivity index (χ4n) is 1.66. The normalized spacial score (nSPS) is 10.6. The van der Waals surface area contributed by atoms with Crippen LogP contribution in [0.25, 0.3) is 0 Å². The number of benzene rings is 2. The fraction of sp³-hybridized carbons (Fsp3) is 0.133. The van der Waals surface area contributed by atoms with E-state index in [9.17, 15) is 4.79 Å². The topological polar surface area (TPSA) is 17.1 Å². The zero-order valence-electron chi connectivity index (χ0n) is 10.4. The van der Waals surface area contributed by atoms with Crippen LogP contribution in [0, 0.1) is 0 Å². The third-order valence-corrected chi connectivity index (χ3v) is 4.74. The van der Waals surface area contributed by atoms with E-state index < -0.39 is 0 Å². The summed E-state index contributed by atoms with van der Waals surface area (Å²) in [6, 6.07) is 13.1. The predicted octanol–water partition coefficient (Wildman–Crippen LogP) is 5.66. The van der Waals surface area contributed by atoms with Crippen molar-refractivity contribution in [2.45, 2.75) is 11.3 Å². The number of halogens is 3. The Kier molecular flexibility index (Phi) is 5.97. The molecule has 0 aromatic heterocycles. The molecule has 0 spiro atoms. The molecule has 0 fully saturated rings. The van der Waals surface area contributed by atoms with Gasteiger partial charge in [-0.15, -0.1) is 11.8 Å². The van der Waals surface area contributed by atoms with Gasteiger partial charge < -0.3 is 0 Å². The van der Waals surface area contributed by atoms with Gasteiger partial charge in [0.2, 0.25) is 0 Å². The lowest BCUT2D eigenvalue weighted by molar-refractivity contribution is -0.116. The van der Waals surface area contributed by atoms with E-state index in [-0.39, 0.29) is 5.78 Å². The van der Waals surface area contributed by atoms with Gasteiger partial charge in [0.05, 0.1) is 5.75 Å². The van der Waals surface area contributed by atoms with E-state index in [0.29, 0.717) is 22.2 Å². The van der Waals surface area contributed by atoms with Gasteiger partial charge in [-0.25, -0.2) is 0 Å². The number of hydrogen-bond acceptors (Lipinski definition) is 2. The molecule has 0 radical (unpaired) electrons. The van der Waals surface area contributed by atoms with E-state index in [1.165, 1.54) is 11.8 Å². The van der Waals surface area contributed by atoms with Crippen molar-refractivity contribution in [1.29, 1.82) is 0 Å². The molecule has 0 N–H and O–H groups in total. The Bertz CT molecular complexity index is 631. The molecule has 0 saturated heterocycles. The van der Waals surface area contributed by atoms with Crippen molar-refractivity contribution in [2.24, 2.45) is 0 Å². The lowest BCUT2D eigenvalue weighted by atomic mass is 10.1. The predicted molar refractivity (Wildman–Crippen MR) is 90.0 cm³/mol. The van der Waals surface area contributed by atoms with Gasteiger partial charge in [0, 0.05) is 25.8 Å². The number of carbonyl (C=O) groups is 1. The van der Waals surface area contributed by atoms with Crippen LogP contribution < -0.4 is 0 Å². The molecule has 2 aromatic rings. The maximum atomic E-state index is 12.0. The molecule has 0 aliphatic rings. The van der Waals surface area contributed by atoms with Crippen LogP contribution in [0.2, 0.25) is 10.0 Å². The molecule has 0 aliphatic carbocycles. The monoisotopic (exact) mass is 388 g/mol. The molecular weight excluding hydrogens is 379 g/mol. The first-order chi connectivity index (χ1) is 9.54. The molecule has 1 nitrogen and oxygen atoms in total. The Balaban J connectivity index is 1.94. The Morgan fingerprint density at radius 1 is 1.15 bits per heavy atom. The average Bonchev–Trinajstić information content (AvgIpc) is 2.41. The molecule has 104 valence electrons. The Morgan fingerprint density at radius 2 is 1.95 bits per heavy atom. The summed E-state index contributed by atoms with van der Waals surface area (Å²) < 4.78 is 1.01. The Labute approximate surface area is 140 Å². The molecule has 0 unspecified atom stereocenters. The number of thioether (sulfide) groups is 1. The Hall–Kier alpha value is -0.480. The summed E-state index contributed by atoms with van der Waals surface area (Å²) in [6.07, 6.45) is 0.306. The zero-order valence-corrected chi connectivity index (χ0v) is 14.3. The minimum absolute atomic E-state index is 0.124. The molecule has 20 heavy (non-hydrogen) atoms. The van der Waals surface area contributed by atoms with Crippen LogP contribution in [-0.4, -0.2) is 11.5 Å². The lowest BCUT2D eigenvalue weighted by Crippen LogP contribution is -2.06. The van der Waals surface area contributed by atoms with Crippen LogP contribution in [0.15, 0.2) is 51.8 Å². The summed E-state index contributed by atoms with van der Waals surface area (Å²) in [7, 11) is 0. The molecule has 0 amide bonds. The first kappa shape index (κ1) is 15.9. The number of hydrogen-bond donors (Lipinski definition) is 0. The second kappa shape index (κ2) is 7.51. The standard InChI is InChI=1S/C15H11BrCl2OS/c16-11-2-1-3-14(8-11)20-9-13(19)7-10-6-12(17)4-5-15(10)18/h1-6,8H,7,9H2. The summed E-state index contributed by atoms with van der Waals surface area (Å²) in [5, 5.41) is 1.17. The summed E-state index contributed by atoms with van der Waals surface area (Å²) in [6.45, 7) is 0. The van der Waals surface area contributed by atoms with Crippen LogP contribution in [0.5, 0.6) is 0 Å². The molecule has 2 aromatic carbocycles. The summed E-state index contributed by atoms with van der Waals surface area (Å²) >= 11 is 16.9. The van der Waals surface area contributed by atoms with Crippen molar-refractivity contribution in [3.8, 4) is 0 Å². The lowest BCUT2D eigenvalue weighted by Gasteiger charge is -2.05. The first-order valence-corrected chi connectivity index (χ1v) is 8.42. The third kappa shape index (κ3) is 4.81. The van der Waals surface area contributed by atoms with Crippen LogP contribution >= 0.6 is 50.9 Å². The van der Waals surface area contributed by atoms with E-state index in [1.807, 2.05) is 24.3 Å². The van der Waals surface area contributed by atoms with E-state index in [0.717, 1.165) is 14.9 Å². The number of Topliss-reactive ketones (excluding diaryl/α,β-unsaturated/α-hetero) is 1. The van der Waals surface area contributed by atoms with Gasteiger partial charge >= 0.3 is 0 Å². The molecular formula is C15H11BrCl2OS. The summed E-state index contributed by atoms with van der Waals surface area (Å²) in [4.78, 5) is 13.1. The second-order valence-electron chi connectivity index (χ2n) is 4.20. The van der Waals surface area contributed by atoms with Crippen molar-refractivity contribution < 1.29 is 4.79 Å². The second-order valence-corrected chi connectivity index (χ2v) is 7.01. The van der Waals surface area contributed by atoms with Gasteiger partial charge in [-0.3, -0.25) is 4.79 Å². The molecule has 5 heteroatoms. The van der Waals surface area contributed by atoms with Gasteiger partial charge in [0.15, 0.2) is 0 Å². The van der Waals surface area contributed by atoms with Gasteiger partial charge in [0.25, 0.3) is 0 Å². The highest BCUT2D eigenvalue weighted by molar-refractivity contribution is 9.10. The maximum absolute atomic E-state index is 12.0. The van der Waals surface area contributed by atoms with E-state index in [2.05, 4.69) is 15.9 Å². The maximum Gasteiger partial charge on any atom is 0.147 e. The first-order valence-electron chi connectivity index (χ1n) is 5.88. The van der Waals surface area contributed by atoms with Crippen LogP contribution in [0.1, 0.15) is 5.56 Å². The number of carbonyl (C=O) groups excluding carboxylic acids is 1. The van der Waals surface area contributed by atoms with E-state index in [1.54, 1.807) is 18.2 Å². The number of rotatable bonds is 5. The quantitative estimate of drug-likeness (QED) is 0.613. The fourth-order valence-corrected chi connectivity index (χ4v) is 3.41. The molecule has 0 saturated carbocycles. The van der Waals surface area contributed by atoms with Crippen molar-refractivity contribution in [1.82, 2.24) is 0 Å². The molecule has 0 atom stereocenters. The van der Waals surface area contributed by atoms with Gasteiger partial charge in [-0.2, -0.15) is 0 Å². The third-order valence-electron chi connectivity index (χ3n) is 2.59. The van der Waals surface area contributed by atoms with Gasteiger partial charge in [-0.05, 0) is 42.0 Å².